The van der Waals surface area contributed by atoms with Crippen molar-refractivity contribution in [3.05, 3.63) is 89.4 Å². The molecule has 0 unspecified atom stereocenters. The lowest BCUT2D eigenvalue weighted by molar-refractivity contribution is 0.0714. The van der Waals surface area contributed by atoms with Crippen molar-refractivity contribution in [3.63, 3.8) is 0 Å². The first-order chi connectivity index (χ1) is 11.6. The molecule has 0 radical (unpaired) electrons. The molecular formula is C20H19NO3. The summed E-state index contributed by atoms with van der Waals surface area (Å²) >= 11 is 0. The van der Waals surface area contributed by atoms with Gasteiger partial charge in [-0.25, -0.2) is 0 Å². The number of hydrogen-bond acceptors (Lipinski definition) is 3. The van der Waals surface area contributed by atoms with Gasteiger partial charge in [0.15, 0.2) is 0 Å². The number of aryl methyl sites for hydroxylation is 1. The molecule has 0 fully saturated rings. The Hall–Kier alpha value is -3.01. The highest BCUT2D eigenvalue weighted by Crippen LogP contribution is 2.22. The molecule has 1 N–H and O–H groups in total. The Labute approximate surface area is 141 Å². The molecule has 0 saturated carbocycles. The fraction of sp³-hybridized carbons (Fsp3) is 0.150. The van der Waals surface area contributed by atoms with E-state index in [0.29, 0.717) is 24.4 Å². The highest BCUT2D eigenvalue weighted by atomic mass is 16.3. The van der Waals surface area contributed by atoms with Crippen molar-refractivity contribution in [3.8, 4) is 5.75 Å². The lowest BCUT2D eigenvalue weighted by Gasteiger charge is -2.22. The molecule has 0 aliphatic carbocycles. The van der Waals surface area contributed by atoms with Gasteiger partial charge in [0, 0.05) is 6.54 Å². The molecule has 2 aromatic carbocycles. The van der Waals surface area contributed by atoms with Gasteiger partial charge < -0.3 is 14.4 Å². The highest BCUT2D eigenvalue weighted by Gasteiger charge is 2.20. The van der Waals surface area contributed by atoms with E-state index in [4.69, 9.17) is 4.42 Å². The minimum Gasteiger partial charge on any atom is -0.507 e. The van der Waals surface area contributed by atoms with Gasteiger partial charge in [0.2, 0.25) is 0 Å². The average molecular weight is 321 g/mol. The standard InChI is InChI=1S/C20H19NO3/c1-15-9-10-19(22)18(12-15)20(23)21(14-17-8-5-11-24-17)13-16-6-3-2-4-7-16/h2-12,22H,13-14H2,1H3. The third-order valence-corrected chi connectivity index (χ3v) is 3.81. The molecule has 4 heteroatoms. The molecule has 0 saturated heterocycles. The van der Waals surface area contributed by atoms with E-state index in [0.717, 1.165) is 11.1 Å². The predicted octanol–water partition coefficient (Wildman–Crippen LogP) is 4.14. The monoisotopic (exact) mass is 321 g/mol. The van der Waals surface area contributed by atoms with Crippen LogP contribution in [0.2, 0.25) is 0 Å². The molecule has 3 aromatic rings. The number of aromatic hydroxyl groups is 1. The number of furan rings is 1. The topological polar surface area (TPSA) is 53.7 Å². The summed E-state index contributed by atoms with van der Waals surface area (Å²) in [5, 5.41) is 10.1. The largest absolute Gasteiger partial charge is 0.507 e. The number of phenols is 1. The molecule has 0 bridgehead atoms. The maximum Gasteiger partial charge on any atom is 0.258 e. The third-order valence-electron chi connectivity index (χ3n) is 3.81. The number of nitrogens with zero attached hydrogens (tertiary/aromatic N) is 1. The van der Waals surface area contributed by atoms with Crippen LogP contribution in [0.25, 0.3) is 0 Å². The molecule has 1 amide bonds. The first kappa shape index (κ1) is 15.9. The summed E-state index contributed by atoms with van der Waals surface area (Å²) in [6, 6.07) is 18.4. The number of carbonyl (C=O) groups is 1. The van der Waals surface area contributed by atoms with Gasteiger partial charge in [-0.15, -0.1) is 0 Å². The number of phenolic OH excluding ortho intramolecular Hbond substituents is 1. The van der Waals surface area contributed by atoms with E-state index < -0.39 is 0 Å². The molecule has 122 valence electrons. The predicted molar refractivity (Wildman–Crippen MR) is 91.6 cm³/mol. The van der Waals surface area contributed by atoms with E-state index in [1.165, 1.54) is 0 Å². The van der Waals surface area contributed by atoms with E-state index in [1.54, 1.807) is 35.4 Å². The van der Waals surface area contributed by atoms with Gasteiger partial charge in [-0.3, -0.25) is 4.79 Å². The fourth-order valence-electron chi connectivity index (χ4n) is 2.59. The minimum atomic E-state index is -0.226. The molecule has 4 nitrogen and oxygen atoms in total. The van der Waals surface area contributed by atoms with Gasteiger partial charge in [-0.2, -0.15) is 0 Å². The maximum atomic E-state index is 13.0. The molecule has 1 heterocycles. The van der Waals surface area contributed by atoms with Crippen LogP contribution in [-0.2, 0) is 13.1 Å². The van der Waals surface area contributed by atoms with Gasteiger partial charge in [0.1, 0.15) is 11.5 Å². The van der Waals surface area contributed by atoms with Crippen LogP contribution in [0.5, 0.6) is 5.75 Å². The van der Waals surface area contributed by atoms with Gasteiger partial charge in [0.25, 0.3) is 5.91 Å². The highest BCUT2D eigenvalue weighted by molar-refractivity contribution is 5.97. The van der Waals surface area contributed by atoms with Gasteiger partial charge in [0.05, 0.1) is 18.4 Å². The normalized spacial score (nSPS) is 10.5. The van der Waals surface area contributed by atoms with Crippen molar-refractivity contribution in [1.29, 1.82) is 0 Å². The Morgan fingerprint density at radius 1 is 1.04 bits per heavy atom. The molecular weight excluding hydrogens is 302 g/mol. The van der Waals surface area contributed by atoms with Crippen LogP contribution in [0.3, 0.4) is 0 Å². The molecule has 24 heavy (non-hydrogen) atoms. The number of carbonyl (C=O) groups excluding carboxylic acids is 1. The van der Waals surface area contributed by atoms with E-state index in [-0.39, 0.29) is 11.7 Å². The zero-order chi connectivity index (χ0) is 16.9. The molecule has 0 spiro atoms. The van der Waals surface area contributed by atoms with Crippen molar-refractivity contribution < 1.29 is 14.3 Å². The second-order valence-corrected chi connectivity index (χ2v) is 5.75. The molecule has 1 aromatic heterocycles. The van der Waals surface area contributed by atoms with Crippen molar-refractivity contribution in [2.24, 2.45) is 0 Å². The third kappa shape index (κ3) is 3.66. The van der Waals surface area contributed by atoms with Crippen molar-refractivity contribution in [1.82, 2.24) is 4.90 Å². The summed E-state index contributed by atoms with van der Waals surface area (Å²) < 4.78 is 5.39. The van der Waals surface area contributed by atoms with Gasteiger partial charge in [-0.05, 0) is 36.8 Å². The SMILES string of the molecule is Cc1ccc(O)c(C(=O)N(Cc2ccccc2)Cc2ccco2)c1. The lowest BCUT2D eigenvalue weighted by Crippen LogP contribution is -2.30. The fourth-order valence-corrected chi connectivity index (χ4v) is 2.59. The van der Waals surface area contributed by atoms with E-state index in [1.807, 2.05) is 43.3 Å². The summed E-state index contributed by atoms with van der Waals surface area (Å²) in [4.78, 5) is 14.6. The summed E-state index contributed by atoms with van der Waals surface area (Å²) in [7, 11) is 0. The van der Waals surface area contributed by atoms with Crippen LogP contribution in [0.15, 0.2) is 71.3 Å². The Morgan fingerprint density at radius 3 is 2.54 bits per heavy atom. The second-order valence-electron chi connectivity index (χ2n) is 5.75. The van der Waals surface area contributed by atoms with Crippen LogP contribution in [0.4, 0.5) is 0 Å². The number of amides is 1. The Morgan fingerprint density at radius 2 is 1.83 bits per heavy atom. The summed E-state index contributed by atoms with van der Waals surface area (Å²) in [5.41, 5.74) is 2.25. The van der Waals surface area contributed by atoms with Crippen LogP contribution in [-0.4, -0.2) is 15.9 Å². The van der Waals surface area contributed by atoms with Crippen molar-refractivity contribution in [2.75, 3.05) is 0 Å². The smallest absolute Gasteiger partial charge is 0.258 e. The second kappa shape index (κ2) is 7.04. The number of benzene rings is 2. The Bertz CT molecular complexity index is 810. The summed E-state index contributed by atoms with van der Waals surface area (Å²) in [5.74, 6) is 0.464. The maximum absolute atomic E-state index is 13.0. The summed E-state index contributed by atoms with van der Waals surface area (Å²) in [6.07, 6.45) is 1.59. The Balaban J connectivity index is 1.90. The van der Waals surface area contributed by atoms with Crippen molar-refractivity contribution >= 4 is 5.91 Å². The quantitative estimate of drug-likeness (QED) is 0.768. The zero-order valence-corrected chi connectivity index (χ0v) is 13.5. The van der Waals surface area contributed by atoms with Gasteiger partial charge >= 0.3 is 0 Å². The Kier molecular flexibility index (Phi) is 4.66. The first-order valence-electron chi connectivity index (χ1n) is 7.78. The first-order valence-corrected chi connectivity index (χ1v) is 7.78. The van der Waals surface area contributed by atoms with Gasteiger partial charge in [-0.1, -0.05) is 42.0 Å². The van der Waals surface area contributed by atoms with E-state index in [9.17, 15) is 9.90 Å². The zero-order valence-electron chi connectivity index (χ0n) is 13.5. The lowest BCUT2D eigenvalue weighted by atomic mass is 10.1. The number of hydrogen-bond donors (Lipinski definition) is 1. The molecule has 0 aliphatic heterocycles. The van der Waals surface area contributed by atoms with E-state index in [2.05, 4.69) is 0 Å². The van der Waals surface area contributed by atoms with Crippen molar-refractivity contribution in [2.45, 2.75) is 20.0 Å². The summed E-state index contributed by atoms with van der Waals surface area (Å²) in [6.45, 7) is 2.67. The van der Waals surface area contributed by atoms with Crippen LogP contribution >= 0.6 is 0 Å². The van der Waals surface area contributed by atoms with Crippen LogP contribution < -0.4 is 0 Å². The van der Waals surface area contributed by atoms with E-state index >= 15 is 0 Å². The molecule has 0 atom stereocenters. The van der Waals surface area contributed by atoms with Crippen LogP contribution in [0.1, 0.15) is 27.2 Å². The van der Waals surface area contributed by atoms with Crippen LogP contribution in [0, 0.1) is 6.92 Å². The molecule has 0 aliphatic rings. The minimum absolute atomic E-state index is 0.0110. The average Bonchev–Trinajstić information content (AvgIpc) is 3.10. The molecule has 3 rings (SSSR count). The number of rotatable bonds is 5.